The molecule has 1 aliphatic rings. The molecule has 1 saturated heterocycles. The Morgan fingerprint density at radius 1 is 1.37 bits per heavy atom. The van der Waals surface area contributed by atoms with E-state index in [0.717, 1.165) is 50.1 Å². The monoisotopic (exact) mass is 263 g/mol. The summed E-state index contributed by atoms with van der Waals surface area (Å²) < 4.78 is 5.17. The van der Waals surface area contributed by atoms with Gasteiger partial charge in [-0.1, -0.05) is 6.92 Å². The summed E-state index contributed by atoms with van der Waals surface area (Å²) in [6, 6.07) is 4.06. The molecule has 0 radical (unpaired) electrons. The second kappa shape index (κ2) is 7.34. The van der Waals surface area contributed by atoms with E-state index in [1.54, 1.807) is 13.3 Å². The molecule has 1 fully saturated rings. The van der Waals surface area contributed by atoms with Gasteiger partial charge >= 0.3 is 0 Å². The second-order valence-corrected chi connectivity index (χ2v) is 5.20. The Morgan fingerprint density at radius 3 is 2.74 bits per heavy atom. The lowest BCUT2D eigenvalue weighted by atomic mass is 9.97. The summed E-state index contributed by atoms with van der Waals surface area (Å²) in [6.45, 7) is 6.72. The van der Waals surface area contributed by atoms with Crippen LogP contribution in [0.1, 0.15) is 26.2 Å². The summed E-state index contributed by atoms with van der Waals surface area (Å²) in [4.78, 5) is 6.93. The molecule has 0 aromatic carbocycles. The van der Waals surface area contributed by atoms with E-state index < -0.39 is 0 Å². The number of hydrogen-bond acceptors (Lipinski definition) is 4. The van der Waals surface area contributed by atoms with Crippen molar-refractivity contribution in [1.29, 1.82) is 0 Å². The van der Waals surface area contributed by atoms with Gasteiger partial charge in [0.15, 0.2) is 0 Å². The molecule has 106 valence electrons. The molecule has 0 saturated carbocycles. The number of piperidine rings is 1. The van der Waals surface area contributed by atoms with Crippen LogP contribution in [0.2, 0.25) is 0 Å². The maximum atomic E-state index is 5.17. The molecule has 1 N–H and O–H groups in total. The van der Waals surface area contributed by atoms with Gasteiger partial charge in [0.25, 0.3) is 0 Å². The molecular formula is C15H25N3O. The highest BCUT2D eigenvalue weighted by Crippen LogP contribution is 2.20. The van der Waals surface area contributed by atoms with Gasteiger partial charge in [-0.25, -0.2) is 4.98 Å². The zero-order valence-electron chi connectivity index (χ0n) is 12.1. The van der Waals surface area contributed by atoms with Crippen molar-refractivity contribution in [2.75, 3.05) is 38.2 Å². The van der Waals surface area contributed by atoms with Gasteiger partial charge < -0.3 is 15.0 Å². The Hall–Kier alpha value is -1.29. The van der Waals surface area contributed by atoms with Crippen molar-refractivity contribution in [1.82, 2.24) is 10.3 Å². The first kappa shape index (κ1) is 14.1. The maximum Gasteiger partial charge on any atom is 0.137 e. The second-order valence-electron chi connectivity index (χ2n) is 5.20. The summed E-state index contributed by atoms with van der Waals surface area (Å²) in [5.74, 6) is 2.68. The maximum absolute atomic E-state index is 5.17. The zero-order valence-corrected chi connectivity index (χ0v) is 12.1. The van der Waals surface area contributed by atoms with Crippen LogP contribution in [0.5, 0.6) is 5.75 Å². The lowest BCUT2D eigenvalue weighted by Gasteiger charge is -2.30. The minimum atomic E-state index is 0.789. The molecule has 0 aliphatic carbocycles. The van der Waals surface area contributed by atoms with Crippen molar-refractivity contribution in [3.05, 3.63) is 18.3 Å². The number of methoxy groups -OCH3 is 1. The fourth-order valence-electron chi connectivity index (χ4n) is 2.63. The predicted octanol–water partition coefficient (Wildman–Crippen LogP) is 2.31. The average Bonchev–Trinajstić information content (AvgIpc) is 2.48. The Labute approximate surface area is 116 Å². The van der Waals surface area contributed by atoms with Crippen LogP contribution in [0.4, 0.5) is 5.82 Å². The normalized spacial score (nSPS) is 16.3. The largest absolute Gasteiger partial charge is 0.495 e. The van der Waals surface area contributed by atoms with Crippen LogP contribution in [-0.4, -0.2) is 38.3 Å². The fourth-order valence-corrected chi connectivity index (χ4v) is 2.63. The number of ether oxygens (including phenoxy) is 1. The molecule has 2 rings (SSSR count). The van der Waals surface area contributed by atoms with E-state index in [9.17, 15) is 0 Å². The van der Waals surface area contributed by atoms with Crippen molar-refractivity contribution in [3.63, 3.8) is 0 Å². The van der Waals surface area contributed by atoms with E-state index in [1.165, 1.54) is 12.8 Å². The van der Waals surface area contributed by atoms with Gasteiger partial charge in [0, 0.05) is 13.1 Å². The lowest BCUT2D eigenvalue weighted by Crippen LogP contribution is -2.37. The van der Waals surface area contributed by atoms with Gasteiger partial charge in [-0.3, -0.25) is 0 Å². The topological polar surface area (TPSA) is 37.4 Å². The molecule has 4 heteroatoms. The van der Waals surface area contributed by atoms with E-state index >= 15 is 0 Å². The van der Waals surface area contributed by atoms with Crippen LogP contribution in [0.15, 0.2) is 18.3 Å². The highest BCUT2D eigenvalue weighted by Gasteiger charge is 2.17. The van der Waals surface area contributed by atoms with Gasteiger partial charge in [0.2, 0.25) is 0 Å². The third kappa shape index (κ3) is 4.10. The first-order chi connectivity index (χ1) is 9.33. The third-order valence-corrected chi connectivity index (χ3v) is 3.71. The van der Waals surface area contributed by atoms with Crippen molar-refractivity contribution >= 4 is 5.82 Å². The zero-order chi connectivity index (χ0) is 13.5. The molecule has 1 aromatic rings. The number of nitrogens with zero attached hydrogens (tertiary/aromatic N) is 2. The number of hydrogen-bond donors (Lipinski definition) is 1. The molecular weight excluding hydrogens is 238 g/mol. The Bertz CT molecular complexity index is 360. The Kier molecular flexibility index (Phi) is 5.45. The first-order valence-electron chi connectivity index (χ1n) is 7.29. The quantitative estimate of drug-likeness (QED) is 0.854. The van der Waals surface area contributed by atoms with Gasteiger partial charge in [0.1, 0.15) is 11.6 Å². The smallest absolute Gasteiger partial charge is 0.137 e. The Balaban J connectivity index is 2.00. The summed E-state index contributed by atoms with van der Waals surface area (Å²) in [5, 5.41) is 3.42. The molecule has 0 amide bonds. The molecule has 1 aliphatic heterocycles. The molecule has 2 heterocycles. The minimum Gasteiger partial charge on any atom is -0.495 e. The summed E-state index contributed by atoms with van der Waals surface area (Å²) in [7, 11) is 1.68. The van der Waals surface area contributed by atoms with Crippen LogP contribution < -0.4 is 15.0 Å². The number of rotatable bonds is 6. The lowest BCUT2D eigenvalue weighted by molar-refractivity contribution is 0.372. The summed E-state index contributed by atoms with van der Waals surface area (Å²) in [6.07, 6.45) is 5.51. The predicted molar refractivity (Wildman–Crippen MR) is 78.9 cm³/mol. The SMILES string of the molecule is CCCN(CC1CCNCC1)c1ccc(OC)cn1. The number of anilines is 1. The van der Waals surface area contributed by atoms with Gasteiger partial charge in [-0.15, -0.1) is 0 Å². The van der Waals surface area contributed by atoms with Crippen LogP contribution in [0.25, 0.3) is 0 Å². The van der Waals surface area contributed by atoms with Crippen LogP contribution >= 0.6 is 0 Å². The molecule has 4 nitrogen and oxygen atoms in total. The van der Waals surface area contributed by atoms with Crippen molar-refractivity contribution < 1.29 is 4.74 Å². The van der Waals surface area contributed by atoms with Gasteiger partial charge in [-0.2, -0.15) is 0 Å². The van der Waals surface area contributed by atoms with E-state index in [0.29, 0.717) is 0 Å². The van der Waals surface area contributed by atoms with Crippen LogP contribution in [0.3, 0.4) is 0 Å². The van der Waals surface area contributed by atoms with Gasteiger partial charge in [0.05, 0.1) is 13.3 Å². The number of nitrogens with one attached hydrogen (secondary N) is 1. The molecule has 0 spiro atoms. The van der Waals surface area contributed by atoms with E-state index in [1.807, 2.05) is 6.07 Å². The minimum absolute atomic E-state index is 0.789. The van der Waals surface area contributed by atoms with Crippen molar-refractivity contribution in [2.24, 2.45) is 5.92 Å². The molecule has 19 heavy (non-hydrogen) atoms. The Morgan fingerprint density at radius 2 is 2.16 bits per heavy atom. The number of aromatic nitrogens is 1. The third-order valence-electron chi connectivity index (χ3n) is 3.71. The molecule has 1 aromatic heterocycles. The summed E-state index contributed by atoms with van der Waals surface area (Å²) >= 11 is 0. The molecule has 0 unspecified atom stereocenters. The first-order valence-corrected chi connectivity index (χ1v) is 7.29. The average molecular weight is 263 g/mol. The standard InChI is InChI=1S/C15H25N3O/c1-3-10-18(12-13-6-8-16-9-7-13)15-5-4-14(19-2)11-17-15/h4-5,11,13,16H,3,6-10,12H2,1-2H3. The van der Waals surface area contributed by atoms with Crippen LogP contribution in [-0.2, 0) is 0 Å². The van der Waals surface area contributed by atoms with Crippen molar-refractivity contribution in [3.8, 4) is 5.75 Å². The molecule has 0 bridgehead atoms. The molecule has 0 atom stereocenters. The van der Waals surface area contributed by atoms with Crippen LogP contribution in [0, 0.1) is 5.92 Å². The highest BCUT2D eigenvalue weighted by molar-refractivity contribution is 5.40. The van der Waals surface area contributed by atoms with E-state index in [4.69, 9.17) is 4.74 Å². The van der Waals surface area contributed by atoms with E-state index in [-0.39, 0.29) is 0 Å². The fraction of sp³-hybridized carbons (Fsp3) is 0.667. The highest BCUT2D eigenvalue weighted by atomic mass is 16.5. The number of pyridine rings is 1. The summed E-state index contributed by atoms with van der Waals surface area (Å²) in [5.41, 5.74) is 0. The van der Waals surface area contributed by atoms with Crippen molar-refractivity contribution in [2.45, 2.75) is 26.2 Å². The van der Waals surface area contributed by atoms with E-state index in [2.05, 4.69) is 28.2 Å². The van der Waals surface area contributed by atoms with Gasteiger partial charge in [-0.05, 0) is 50.4 Å².